The minimum absolute atomic E-state index is 0.0573. The van der Waals surface area contributed by atoms with Gasteiger partial charge in [-0.25, -0.2) is 23.7 Å². The van der Waals surface area contributed by atoms with Gasteiger partial charge in [0.2, 0.25) is 0 Å². The van der Waals surface area contributed by atoms with E-state index < -0.39 is 11.6 Å². The van der Waals surface area contributed by atoms with Gasteiger partial charge in [-0.05, 0) is 62.4 Å². The number of hydrogen-bond acceptors (Lipinski definition) is 7. The van der Waals surface area contributed by atoms with Crippen LogP contribution in [0.4, 0.5) is 14.6 Å². The van der Waals surface area contributed by atoms with Crippen LogP contribution in [0.25, 0.3) is 33.5 Å². The molecule has 1 aromatic carbocycles. The van der Waals surface area contributed by atoms with Crippen molar-refractivity contribution in [2.75, 3.05) is 11.9 Å². The van der Waals surface area contributed by atoms with Crippen molar-refractivity contribution in [2.24, 2.45) is 0 Å². The van der Waals surface area contributed by atoms with Crippen LogP contribution in [0.15, 0.2) is 67.4 Å². The summed E-state index contributed by atoms with van der Waals surface area (Å²) in [5.41, 5.74) is 3.19. The molecule has 1 aliphatic rings. The van der Waals surface area contributed by atoms with E-state index in [1.165, 1.54) is 6.07 Å². The van der Waals surface area contributed by atoms with Gasteiger partial charge in [0.1, 0.15) is 17.2 Å². The fourth-order valence-corrected chi connectivity index (χ4v) is 5.33. The van der Waals surface area contributed by atoms with Crippen molar-refractivity contribution in [3.05, 3.63) is 84.6 Å². The van der Waals surface area contributed by atoms with Gasteiger partial charge in [-0.2, -0.15) is 0 Å². The van der Waals surface area contributed by atoms with Crippen molar-refractivity contribution in [2.45, 2.75) is 44.7 Å². The Kier molecular flexibility index (Phi) is 7.72. The van der Waals surface area contributed by atoms with Crippen LogP contribution in [-0.4, -0.2) is 49.5 Å². The van der Waals surface area contributed by atoms with E-state index in [1.807, 2.05) is 37.3 Å². The highest BCUT2D eigenvalue weighted by atomic mass is 19.1. The normalized spacial score (nSPS) is 16.7. The molecule has 42 heavy (non-hydrogen) atoms. The van der Waals surface area contributed by atoms with Crippen LogP contribution >= 0.6 is 0 Å². The largest absolute Gasteiger partial charge is 0.494 e. The fraction of sp³-hybridized carbons (Fsp3) is 0.258. The van der Waals surface area contributed by atoms with Crippen LogP contribution in [0.3, 0.4) is 0 Å². The molecule has 0 aliphatic heterocycles. The molecule has 11 heteroatoms. The minimum atomic E-state index is -0.592. The maximum absolute atomic E-state index is 14.8. The molecule has 1 fully saturated rings. The number of amides is 1. The van der Waals surface area contributed by atoms with Gasteiger partial charge in [0.05, 0.1) is 24.6 Å². The molecule has 5 aromatic rings. The number of nitrogens with one attached hydrogen (secondary N) is 3. The zero-order chi connectivity index (χ0) is 29.1. The molecule has 0 bridgehead atoms. The summed E-state index contributed by atoms with van der Waals surface area (Å²) in [5, 5.41) is 6.82. The number of aromatic amines is 1. The number of aromatic nitrogens is 5. The summed E-state index contributed by atoms with van der Waals surface area (Å²) in [5.74, 6) is -0.237. The van der Waals surface area contributed by atoms with Crippen LogP contribution in [0.1, 0.15) is 43.0 Å². The average molecular weight is 570 g/mol. The Morgan fingerprint density at radius 2 is 1.93 bits per heavy atom. The molecule has 2 atom stereocenters. The predicted octanol–water partition coefficient (Wildman–Crippen LogP) is 5.91. The SMILES string of the molecule is CCOc1cccc(-c2cncc(C(=O)N[C@@H]3CCC[C@H](Nc4nc(-c5c[nH]c6ncc(F)cc56)ncc4F)C3)c2)c1. The number of carbonyl (C=O) groups is 1. The summed E-state index contributed by atoms with van der Waals surface area (Å²) >= 11 is 0. The Balaban J connectivity index is 1.13. The topological polar surface area (TPSA) is 118 Å². The van der Waals surface area contributed by atoms with E-state index in [-0.39, 0.29) is 29.6 Å². The monoisotopic (exact) mass is 569 g/mol. The molecule has 9 nitrogen and oxygen atoms in total. The van der Waals surface area contributed by atoms with Crippen LogP contribution in [0.2, 0.25) is 0 Å². The number of pyridine rings is 2. The smallest absolute Gasteiger partial charge is 0.253 e. The lowest BCUT2D eigenvalue weighted by Gasteiger charge is -2.30. The molecule has 0 unspecified atom stereocenters. The molecule has 3 N–H and O–H groups in total. The van der Waals surface area contributed by atoms with Crippen molar-refractivity contribution >= 4 is 22.8 Å². The van der Waals surface area contributed by atoms with Gasteiger partial charge >= 0.3 is 0 Å². The van der Waals surface area contributed by atoms with Gasteiger partial charge in [-0.3, -0.25) is 9.78 Å². The van der Waals surface area contributed by atoms with Crippen LogP contribution in [-0.2, 0) is 0 Å². The van der Waals surface area contributed by atoms with E-state index in [4.69, 9.17) is 4.74 Å². The molecule has 0 spiro atoms. The summed E-state index contributed by atoms with van der Waals surface area (Å²) < 4.78 is 34.2. The first kappa shape index (κ1) is 27.3. The van der Waals surface area contributed by atoms with E-state index in [0.717, 1.165) is 48.5 Å². The number of fused-ring (bicyclic) bond motifs is 1. The van der Waals surface area contributed by atoms with Crippen LogP contribution < -0.4 is 15.4 Å². The number of carbonyl (C=O) groups excluding carboxylic acids is 1. The van der Waals surface area contributed by atoms with E-state index in [0.29, 0.717) is 35.2 Å². The van der Waals surface area contributed by atoms with Crippen molar-refractivity contribution in [3.8, 4) is 28.3 Å². The first-order valence-electron chi connectivity index (χ1n) is 13.9. The first-order chi connectivity index (χ1) is 20.5. The van der Waals surface area contributed by atoms with Gasteiger partial charge in [0.25, 0.3) is 5.91 Å². The molecule has 1 aliphatic carbocycles. The number of H-pyrrole nitrogens is 1. The molecule has 0 radical (unpaired) electrons. The molecule has 1 saturated carbocycles. The number of nitrogens with zero attached hydrogens (tertiary/aromatic N) is 4. The molecule has 4 aromatic heterocycles. The Morgan fingerprint density at radius 1 is 1.05 bits per heavy atom. The van der Waals surface area contributed by atoms with Crippen LogP contribution in [0.5, 0.6) is 5.75 Å². The third-order valence-electron chi connectivity index (χ3n) is 7.31. The van der Waals surface area contributed by atoms with Gasteiger partial charge < -0.3 is 20.4 Å². The highest BCUT2D eigenvalue weighted by molar-refractivity contribution is 5.95. The molecular weight excluding hydrogens is 540 g/mol. The third-order valence-corrected chi connectivity index (χ3v) is 7.31. The Bertz CT molecular complexity index is 1740. The number of rotatable bonds is 8. The molecule has 214 valence electrons. The molecule has 1 amide bonds. The first-order valence-corrected chi connectivity index (χ1v) is 13.9. The second-order valence-electron chi connectivity index (χ2n) is 10.2. The van der Waals surface area contributed by atoms with Crippen molar-refractivity contribution in [1.82, 2.24) is 30.2 Å². The Morgan fingerprint density at radius 3 is 2.81 bits per heavy atom. The maximum atomic E-state index is 14.8. The highest BCUT2D eigenvalue weighted by Gasteiger charge is 2.25. The number of ether oxygens (including phenoxy) is 1. The average Bonchev–Trinajstić information content (AvgIpc) is 3.42. The number of anilines is 1. The summed E-state index contributed by atoms with van der Waals surface area (Å²) in [6.45, 7) is 2.49. The fourth-order valence-electron chi connectivity index (χ4n) is 5.33. The van der Waals surface area contributed by atoms with E-state index in [2.05, 4.69) is 35.6 Å². The van der Waals surface area contributed by atoms with Gasteiger partial charge in [0, 0.05) is 47.2 Å². The zero-order valence-electron chi connectivity index (χ0n) is 22.9. The number of hydrogen-bond donors (Lipinski definition) is 3. The number of benzene rings is 1. The second-order valence-corrected chi connectivity index (χ2v) is 10.2. The molecular formula is C31H29F2N7O2. The lowest BCUT2D eigenvalue weighted by Crippen LogP contribution is -2.42. The van der Waals surface area contributed by atoms with Crippen molar-refractivity contribution < 1.29 is 18.3 Å². The van der Waals surface area contributed by atoms with Crippen molar-refractivity contribution in [1.29, 1.82) is 0 Å². The molecule has 6 rings (SSSR count). The lowest BCUT2D eigenvalue weighted by atomic mass is 9.90. The van der Waals surface area contributed by atoms with Gasteiger partial charge in [-0.15, -0.1) is 0 Å². The van der Waals surface area contributed by atoms with Crippen molar-refractivity contribution in [3.63, 3.8) is 0 Å². The predicted molar refractivity (Wildman–Crippen MR) is 155 cm³/mol. The Hall–Kier alpha value is -4.93. The number of halogens is 2. The maximum Gasteiger partial charge on any atom is 0.253 e. The lowest BCUT2D eigenvalue weighted by molar-refractivity contribution is 0.0926. The van der Waals surface area contributed by atoms with E-state index >= 15 is 0 Å². The van der Waals surface area contributed by atoms with Gasteiger partial charge in [-0.1, -0.05) is 12.1 Å². The van der Waals surface area contributed by atoms with Crippen LogP contribution in [0, 0.1) is 11.6 Å². The minimum Gasteiger partial charge on any atom is -0.494 e. The highest BCUT2D eigenvalue weighted by Crippen LogP contribution is 2.29. The zero-order valence-corrected chi connectivity index (χ0v) is 22.9. The van der Waals surface area contributed by atoms with E-state index in [1.54, 1.807) is 18.6 Å². The second kappa shape index (κ2) is 11.9. The van der Waals surface area contributed by atoms with Gasteiger partial charge in [0.15, 0.2) is 17.5 Å². The summed E-state index contributed by atoms with van der Waals surface area (Å²) in [4.78, 5) is 33.0. The Labute approximate surface area is 240 Å². The quantitative estimate of drug-likeness (QED) is 0.213. The standard InChI is InChI=1S/C31H29F2N7O2/c1-2-42-24-8-3-5-18(10-24)19-9-20(14-34-13-19)31(41)39-23-7-4-6-22(12-23)38-30-27(33)17-37-29(40-30)26-16-36-28-25(26)11-21(32)15-35-28/h3,5,8-11,13-17,22-23H,2,4,6-7,12H2,1H3,(H,35,36)(H,39,41)(H,37,38,40)/t22-,23+/m0/s1. The summed E-state index contributed by atoms with van der Waals surface area (Å²) in [7, 11) is 0. The molecule has 0 saturated heterocycles. The third kappa shape index (κ3) is 5.90. The van der Waals surface area contributed by atoms with E-state index in [9.17, 15) is 13.6 Å². The summed E-state index contributed by atoms with van der Waals surface area (Å²) in [6, 6.07) is 10.6. The molecule has 4 heterocycles. The summed E-state index contributed by atoms with van der Waals surface area (Å²) in [6.07, 6.45) is 10.1.